The second-order valence-electron chi connectivity index (χ2n) is 12.9. The van der Waals surface area contributed by atoms with E-state index in [1.54, 1.807) is 4.57 Å². The van der Waals surface area contributed by atoms with Crippen LogP contribution in [-0.4, -0.2) is 69.3 Å². The highest BCUT2D eigenvalue weighted by Gasteiger charge is 2.52. The first-order chi connectivity index (χ1) is 18.8. The molecule has 2 heterocycles. The first kappa shape index (κ1) is 30.0. The monoisotopic (exact) mass is 575 g/mol. The molecule has 1 spiro atoms. The molecule has 1 aromatic heterocycles. The third-order valence-electron chi connectivity index (χ3n) is 8.69. The van der Waals surface area contributed by atoms with E-state index >= 15 is 0 Å². The molecule has 0 unspecified atom stereocenters. The Kier molecular flexibility index (Phi) is 8.64. The molecule has 2 aliphatic carbocycles. The predicted octanol–water partition coefficient (Wildman–Crippen LogP) is 2.65. The Labute approximate surface area is 236 Å². The number of hydrogen-bond acceptors (Lipinski definition) is 8. The maximum atomic E-state index is 13.3. The Hall–Kier alpha value is -2.93. The Morgan fingerprint density at radius 2 is 1.70 bits per heavy atom. The number of imide groups is 2. The molecular weight excluding hydrogens is 530 g/mol. The van der Waals surface area contributed by atoms with Crippen LogP contribution in [0.4, 0.5) is 4.79 Å². The number of aromatic nitrogens is 3. The second kappa shape index (κ2) is 11.5. The molecule has 3 aliphatic rings. The zero-order valence-electron chi connectivity index (χ0n) is 24.6. The fraction of sp³-hybridized carbons (Fsp3) is 0.741. The van der Waals surface area contributed by atoms with Gasteiger partial charge in [0.2, 0.25) is 0 Å². The van der Waals surface area contributed by atoms with Crippen molar-refractivity contribution in [3.05, 3.63) is 27.7 Å². The standard InChI is InChI=1S/C27H45N7O5Si/c1-6-7-12-31-23(35)21(22(28)29)24(36)34(25(31)37)19-8-10-27(11-9-19)15-20(16-27)33-18(2)30-32(26(33)38)17-39-13-14-40(3,4)5/h19-20H,6-17,28-29H2,1-5H3. The summed E-state index contributed by atoms with van der Waals surface area (Å²) in [5.41, 5.74) is 11.0. The number of amides is 4. The fourth-order valence-electron chi connectivity index (χ4n) is 6.30. The van der Waals surface area contributed by atoms with Crippen LogP contribution in [0.2, 0.25) is 25.7 Å². The molecule has 0 atom stereocenters. The summed E-state index contributed by atoms with van der Waals surface area (Å²) in [6.45, 7) is 11.7. The summed E-state index contributed by atoms with van der Waals surface area (Å²) in [7, 11) is -1.21. The predicted molar refractivity (Wildman–Crippen MR) is 153 cm³/mol. The van der Waals surface area contributed by atoms with Gasteiger partial charge in [0, 0.05) is 33.3 Å². The summed E-state index contributed by atoms with van der Waals surface area (Å²) in [6.07, 6.45) is 6.06. The number of carbonyl (C=O) groups excluding carboxylic acids is 3. The van der Waals surface area contributed by atoms with Crippen molar-refractivity contribution in [1.82, 2.24) is 24.1 Å². The number of barbiturate groups is 1. The molecule has 222 valence electrons. The maximum Gasteiger partial charge on any atom is 0.348 e. The minimum Gasteiger partial charge on any atom is -0.385 e. The quantitative estimate of drug-likeness (QED) is 0.186. The van der Waals surface area contributed by atoms with Crippen molar-refractivity contribution in [2.75, 3.05) is 13.2 Å². The second-order valence-corrected chi connectivity index (χ2v) is 18.6. The van der Waals surface area contributed by atoms with E-state index in [0.29, 0.717) is 31.7 Å². The van der Waals surface area contributed by atoms with E-state index in [1.165, 1.54) is 9.58 Å². The maximum absolute atomic E-state index is 13.3. The van der Waals surface area contributed by atoms with Crippen LogP contribution in [0.5, 0.6) is 0 Å². The van der Waals surface area contributed by atoms with Gasteiger partial charge in [-0.05, 0) is 63.3 Å². The van der Waals surface area contributed by atoms with Gasteiger partial charge in [-0.3, -0.25) is 24.0 Å². The van der Waals surface area contributed by atoms with Crippen molar-refractivity contribution in [3.8, 4) is 0 Å². The minimum absolute atomic E-state index is 0.0636. The van der Waals surface area contributed by atoms with Gasteiger partial charge in [-0.1, -0.05) is 33.0 Å². The van der Waals surface area contributed by atoms with Crippen molar-refractivity contribution in [2.45, 2.75) is 110 Å². The summed E-state index contributed by atoms with van der Waals surface area (Å²) < 4.78 is 8.95. The average molecular weight is 576 g/mol. The largest absolute Gasteiger partial charge is 0.385 e. The van der Waals surface area contributed by atoms with Crippen LogP contribution < -0.4 is 17.2 Å². The van der Waals surface area contributed by atoms with Crippen LogP contribution in [0.25, 0.3) is 0 Å². The lowest BCUT2D eigenvalue weighted by molar-refractivity contribution is -0.138. The highest BCUT2D eigenvalue weighted by Crippen LogP contribution is 2.57. The Morgan fingerprint density at radius 3 is 2.27 bits per heavy atom. The molecule has 1 saturated heterocycles. The normalized spacial score (nSPS) is 25.6. The number of nitrogens with zero attached hydrogens (tertiary/aromatic N) is 5. The zero-order valence-corrected chi connectivity index (χ0v) is 25.6. The molecule has 40 heavy (non-hydrogen) atoms. The van der Waals surface area contributed by atoms with Crippen molar-refractivity contribution in [2.24, 2.45) is 16.9 Å². The smallest absolute Gasteiger partial charge is 0.348 e. The van der Waals surface area contributed by atoms with Gasteiger partial charge in [0.25, 0.3) is 11.8 Å². The summed E-state index contributed by atoms with van der Waals surface area (Å²) in [5, 5.41) is 4.44. The molecule has 13 heteroatoms. The third-order valence-corrected chi connectivity index (χ3v) is 10.4. The van der Waals surface area contributed by atoms with Crippen LogP contribution in [-0.2, 0) is 21.1 Å². The Bertz CT molecular complexity index is 1230. The molecule has 0 radical (unpaired) electrons. The molecule has 4 N–H and O–H groups in total. The Balaban J connectivity index is 1.38. The van der Waals surface area contributed by atoms with Gasteiger partial charge >= 0.3 is 11.7 Å². The lowest BCUT2D eigenvalue weighted by Gasteiger charge is -2.53. The minimum atomic E-state index is -1.21. The van der Waals surface area contributed by atoms with Crippen molar-refractivity contribution in [3.63, 3.8) is 0 Å². The van der Waals surface area contributed by atoms with Gasteiger partial charge in [0.15, 0.2) is 0 Å². The molecule has 2 saturated carbocycles. The highest BCUT2D eigenvalue weighted by atomic mass is 28.3. The number of rotatable bonds is 10. The molecule has 1 aliphatic heterocycles. The average Bonchev–Trinajstić information content (AvgIpc) is 3.12. The van der Waals surface area contributed by atoms with E-state index in [4.69, 9.17) is 16.2 Å². The number of unbranched alkanes of at least 4 members (excludes halogenated alkanes) is 1. The molecule has 12 nitrogen and oxygen atoms in total. The topological polar surface area (TPSA) is 159 Å². The molecule has 4 amide bonds. The van der Waals surface area contributed by atoms with Crippen LogP contribution >= 0.6 is 0 Å². The first-order valence-corrected chi connectivity index (χ1v) is 18.2. The molecule has 1 aromatic rings. The van der Waals surface area contributed by atoms with Gasteiger partial charge in [-0.15, -0.1) is 0 Å². The number of ether oxygens (including phenoxy) is 1. The SMILES string of the molecule is CCCCN1C(=O)C(=C(N)N)C(=O)N(C2CCC3(CC2)CC(n2c(C)nn(COCC[Si](C)(C)C)c2=O)C3)C1=O. The fourth-order valence-corrected chi connectivity index (χ4v) is 7.06. The van der Waals surface area contributed by atoms with Crippen molar-refractivity contribution < 1.29 is 19.1 Å². The van der Waals surface area contributed by atoms with Gasteiger partial charge in [0.1, 0.15) is 23.9 Å². The van der Waals surface area contributed by atoms with E-state index in [1.807, 2.05) is 13.8 Å². The number of aryl methyl sites for hydroxylation is 1. The molecule has 0 bridgehead atoms. The number of carbonyl (C=O) groups is 3. The highest BCUT2D eigenvalue weighted by molar-refractivity contribution is 6.76. The van der Waals surface area contributed by atoms with Crippen LogP contribution in [0.1, 0.15) is 70.2 Å². The number of nitrogens with two attached hydrogens (primary N) is 2. The summed E-state index contributed by atoms with van der Waals surface area (Å²) >= 11 is 0. The van der Waals surface area contributed by atoms with Gasteiger partial charge < -0.3 is 16.2 Å². The first-order valence-electron chi connectivity index (χ1n) is 14.5. The summed E-state index contributed by atoms with van der Waals surface area (Å²) in [5.74, 6) is -1.08. The van der Waals surface area contributed by atoms with Crippen molar-refractivity contribution in [1.29, 1.82) is 0 Å². The molecule has 3 fully saturated rings. The zero-order chi connectivity index (χ0) is 29.4. The van der Waals surface area contributed by atoms with Crippen LogP contribution in [0.15, 0.2) is 16.2 Å². The molecule has 0 aromatic carbocycles. The molecule has 4 rings (SSSR count). The molecular formula is C27H45N7O5Si. The van der Waals surface area contributed by atoms with E-state index in [0.717, 1.165) is 43.0 Å². The summed E-state index contributed by atoms with van der Waals surface area (Å²) in [4.78, 5) is 54.7. The number of urea groups is 1. The van der Waals surface area contributed by atoms with Gasteiger partial charge in [-0.25, -0.2) is 9.59 Å². The summed E-state index contributed by atoms with van der Waals surface area (Å²) in [6, 6.07) is 0.207. The van der Waals surface area contributed by atoms with E-state index in [9.17, 15) is 19.2 Å². The Morgan fingerprint density at radius 1 is 1.05 bits per heavy atom. The van der Waals surface area contributed by atoms with E-state index in [-0.39, 0.29) is 47.9 Å². The van der Waals surface area contributed by atoms with E-state index in [2.05, 4.69) is 24.7 Å². The van der Waals surface area contributed by atoms with Crippen LogP contribution in [0.3, 0.4) is 0 Å². The van der Waals surface area contributed by atoms with E-state index < -0.39 is 25.9 Å². The van der Waals surface area contributed by atoms with Crippen LogP contribution in [0, 0.1) is 12.3 Å². The van der Waals surface area contributed by atoms with Gasteiger partial charge in [-0.2, -0.15) is 9.78 Å². The van der Waals surface area contributed by atoms with Gasteiger partial charge in [0.05, 0.1) is 0 Å². The lowest BCUT2D eigenvalue weighted by Crippen LogP contribution is -2.61. The number of hydrogen-bond donors (Lipinski definition) is 2. The van der Waals surface area contributed by atoms with Crippen molar-refractivity contribution >= 4 is 25.9 Å². The third kappa shape index (κ3) is 5.90. The lowest BCUT2D eigenvalue weighted by atomic mass is 9.57.